The Hall–Kier alpha value is -0.990. The van der Waals surface area contributed by atoms with Crippen LogP contribution in [-0.2, 0) is 10.2 Å². The van der Waals surface area contributed by atoms with Crippen molar-refractivity contribution in [3.63, 3.8) is 0 Å². The van der Waals surface area contributed by atoms with Gasteiger partial charge >= 0.3 is 0 Å². The molecule has 3 rings (SSSR count). The maximum absolute atomic E-state index is 13.0. The summed E-state index contributed by atoms with van der Waals surface area (Å²) in [4.78, 5) is 4.28. The molecule has 3 heterocycles. The topological polar surface area (TPSA) is 79.5 Å². The van der Waals surface area contributed by atoms with Gasteiger partial charge in [-0.1, -0.05) is 24.4 Å². The first-order valence-electron chi connectivity index (χ1n) is 8.16. The molecule has 0 spiro atoms. The molecule has 22 heavy (non-hydrogen) atoms. The van der Waals surface area contributed by atoms with Crippen LogP contribution in [0.2, 0.25) is 0 Å². The van der Waals surface area contributed by atoms with Crippen LogP contribution in [0.3, 0.4) is 0 Å². The minimum Gasteiger partial charge on any atom is -0.340 e. The Morgan fingerprint density at radius 2 is 1.73 bits per heavy atom. The van der Waals surface area contributed by atoms with Crippen molar-refractivity contribution in [2.45, 2.75) is 57.9 Å². The molecule has 0 N–H and O–H groups in total. The van der Waals surface area contributed by atoms with Crippen LogP contribution >= 0.6 is 0 Å². The van der Waals surface area contributed by atoms with Crippen molar-refractivity contribution in [1.29, 1.82) is 0 Å². The first-order valence-corrected chi connectivity index (χ1v) is 9.56. The smallest absolute Gasteiger partial charge is 0.282 e. The molecule has 2 aliphatic rings. The second-order valence-electron chi connectivity index (χ2n) is 6.11. The molecule has 0 aliphatic carbocycles. The molecule has 1 aromatic heterocycles. The molecule has 2 aliphatic heterocycles. The van der Waals surface area contributed by atoms with E-state index >= 15 is 0 Å². The van der Waals surface area contributed by atoms with Crippen molar-refractivity contribution in [3.8, 4) is 0 Å². The molecule has 0 bridgehead atoms. The SMILES string of the molecule is Cc1nc([C@H]2CCCCCN2S(=O)(=O)N2CCCCC2)no1. The molecule has 0 amide bonds. The van der Waals surface area contributed by atoms with Crippen molar-refractivity contribution in [2.75, 3.05) is 19.6 Å². The van der Waals surface area contributed by atoms with Crippen LogP contribution in [-0.4, -0.2) is 46.8 Å². The first-order chi connectivity index (χ1) is 10.6. The van der Waals surface area contributed by atoms with Crippen LogP contribution in [0.4, 0.5) is 0 Å². The molecule has 2 saturated heterocycles. The maximum atomic E-state index is 13.0. The highest BCUT2D eigenvalue weighted by molar-refractivity contribution is 7.86. The monoisotopic (exact) mass is 328 g/mol. The van der Waals surface area contributed by atoms with E-state index in [2.05, 4.69) is 10.1 Å². The van der Waals surface area contributed by atoms with Crippen molar-refractivity contribution in [3.05, 3.63) is 11.7 Å². The number of hydrogen-bond acceptors (Lipinski definition) is 5. The standard InChI is InChI=1S/C14H24N4O3S/c1-12-15-14(16-21-12)13-8-4-2-7-11-18(13)22(19,20)17-9-5-3-6-10-17/h13H,2-11H2,1H3/t13-/m1/s1. The summed E-state index contributed by atoms with van der Waals surface area (Å²) in [5, 5.41) is 3.98. The zero-order valence-electron chi connectivity index (χ0n) is 13.1. The molecular formula is C14H24N4O3S. The van der Waals surface area contributed by atoms with E-state index in [1.54, 1.807) is 15.5 Å². The fraction of sp³-hybridized carbons (Fsp3) is 0.857. The summed E-state index contributed by atoms with van der Waals surface area (Å²) in [5.41, 5.74) is 0. The van der Waals surface area contributed by atoms with Gasteiger partial charge in [0, 0.05) is 26.6 Å². The lowest BCUT2D eigenvalue weighted by Crippen LogP contribution is -2.47. The number of nitrogens with zero attached hydrogens (tertiary/aromatic N) is 4. The molecule has 0 aromatic carbocycles. The Morgan fingerprint density at radius 3 is 2.41 bits per heavy atom. The van der Waals surface area contributed by atoms with Gasteiger partial charge in [-0.25, -0.2) is 0 Å². The zero-order chi connectivity index (χ0) is 15.6. The van der Waals surface area contributed by atoms with Crippen LogP contribution in [0.5, 0.6) is 0 Å². The van der Waals surface area contributed by atoms with E-state index < -0.39 is 10.2 Å². The lowest BCUT2D eigenvalue weighted by molar-refractivity contribution is 0.259. The number of aromatic nitrogens is 2. The van der Waals surface area contributed by atoms with Crippen LogP contribution < -0.4 is 0 Å². The van der Waals surface area contributed by atoms with Gasteiger partial charge in [0.05, 0.1) is 6.04 Å². The van der Waals surface area contributed by atoms with Gasteiger partial charge in [0.25, 0.3) is 10.2 Å². The van der Waals surface area contributed by atoms with Gasteiger partial charge in [0.15, 0.2) is 5.82 Å². The molecule has 0 radical (unpaired) electrons. The van der Waals surface area contributed by atoms with Gasteiger partial charge in [-0.3, -0.25) is 0 Å². The first kappa shape index (κ1) is 15.9. The molecule has 1 atom stereocenters. The fourth-order valence-electron chi connectivity index (χ4n) is 3.31. The minimum absolute atomic E-state index is 0.299. The van der Waals surface area contributed by atoms with Crippen molar-refractivity contribution in [2.24, 2.45) is 0 Å². The lowest BCUT2D eigenvalue weighted by Gasteiger charge is -2.34. The molecule has 7 nitrogen and oxygen atoms in total. The summed E-state index contributed by atoms with van der Waals surface area (Å²) < 4.78 is 34.4. The minimum atomic E-state index is -3.45. The average molecular weight is 328 g/mol. The molecule has 0 unspecified atom stereocenters. The number of rotatable bonds is 3. The van der Waals surface area contributed by atoms with Crippen LogP contribution in [0, 0.1) is 6.92 Å². The zero-order valence-corrected chi connectivity index (χ0v) is 13.9. The third-order valence-electron chi connectivity index (χ3n) is 4.48. The lowest BCUT2D eigenvalue weighted by atomic mass is 10.1. The van der Waals surface area contributed by atoms with E-state index in [4.69, 9.17) is 4.52 Å². The van der Waals surface area contributed by atoms with Gasteiger partial charge in [-0.15, -0.1) is 0 Å². The third-order valence-corrected chi connectivity index (χ3v) is 6.53. The Morgan fingerprint density at radius 1 is 1.05 bits per heavy atom. The second-order valence-corrected chi connectivity index (χ2v) is 8.00. The van der Waals surface area contributed by atoms with Crippen LogP contribution in [0.15, 0.2) is 4.52 Å². The average Bonchev–Trinajstić information content (AvgIpc) is 2.81. The molecule has 1 aromatic rings. The number of aryl methyl sites for hydroxylation is 1. The van der Waals surface area contributed by atoms with Crippen molar-refractivity contribution in [1.82, 2.24) is 18.8 Å². The molecule has 2 fully saturated rings. The largest absolute Gasteiger partial charge is 0.340 e. The van der Waals surface area contributed by atoms with E-state index in [9.17, 15) is 8.42 Å². The number of piperidine rings is 1. The Kier molecular flexibility index (Phi) is 4.79. The molecule has 8 heteroatoms. The summed E-state index contributed by atoms with van der Waals surface area (Å²) in [6.07, 6.45) is 6.67. The van der Waals surface area contributed by atoms with Gasteiger partial charge in [0.1, 0.15) is 0 Å². The summed E-state index contributed by atoms with van der Waals surface area (Å²) in [5.74, 6) is 0.981. The van der Waals surface area contributed by atoms with E-state index in [0.717, 1.165) is 44.9 Å². The third kappa shape index (κ3) is 3.18. The van der Waals surface area contributed by atoms with E-state index in [0.29, 0.717) is 31.3 Å². The highest BCUT2D eigenvalue weighted by atomic mass is 32.2. The Bertz CT molecular complexity index is 595. The Labute approximate surface area is 131 Å². The van der Waals surface area contributed by atoms with Crippen LogP contribution in [0.1, 0.15) is 62.7 Å². The van der Waals surface area contributed by atoms with Gasteiger partial charge < -0.3 is 4.52 Å². The van der Waals surface area contributed by atoms with Crippen molar-refractivity contribution >= 4 is 10.2 Å². The normalized spacial score (nSPS) is 26.0. The summed E-state index contributed by atoms with van der Waals surface area (Å²) in [7, 11) is -3.45. The van der Waals surface area contributed by atoms with E-state index in [1.165, 1.54) is 0 Å². The molecule has 0 saturated carbocycles. The Balaban J connectivity index is 1.89. The fourth-order valence-corrected chi connectivity index (χ4v) is 5.21. The summed E-state index contributed by atoms with van der Waals surface area (Å²) in [6.45, 7) is 3.52. The van der Waals surface area contributed by atoms with Gasteiger partial charge in [-0.05, 0) is 25.7 Å². The van der Waals surface area contributed by atoms with Gasteiger partial charge in [-0.2, -0.15) is 22.0 Å². The molecule has 124 valence electrons. The maximum Gasteiger partial charge on any atom is 0.282 e. The van der Waals surface area contributed by atoms with E-state index in [1.807, 2.05) is 0 Å². The molecular weight excluding hydrogens is 304 g/mol. The van der Waals surface area contributed by atoms with Gasteiger partial charge in [0.2, 0.25) is 5.89 Å². The highest BCUT2D eigenvalue weighted by Crippen LogP contribution is 2.32. The van der Waals surface area contributed by atoms with Crippen molar-refractivity contribution < 1.29 is 12.9 Å². The predicted molar refractivity (Wildman–Crippen MR) is 81.3 cm³/mol. The second kappa shape index (κ2) is 6.64. The predicted octanol–water partition coefficient (Wildman–Crippen LogP) is 2.03. The number of hydrogen-bond donors (Lipinski definition) is 0. The summed E-state index contributed by atoms with van der Waals surface area (Å²) in [6, 6.07) is -0.299. The van der Waals surface area contributed by atoms with E-state index in [-0.39, 0.29) is 6.04 Å². The highest BCUT2D eigenvalue weighted by Gasteiger charge is 2.38. The summed E-state index contributed by atoms with van der Waals surface area (Å²) >= 11 is 0. The quantitative estimate of drug-likeness (QED) is 0.848. The van der Waals surface area contributed by atoms with Crippen LogP contribution in [0.25, 0.3) is 0 Å².